The molecule has 0 bridgehead atoms. The van der Waals surface area contributed by atoms with Crippen molar-refractivity contribution in [3.63, 3.8) is 0 Å². The average molecular weight is 805 g/mol. The molecule has 5 amide bonds. The van der Waals surface area contributed by atoms with Crippen molar-refractivity contribution >= 4 is 40.8 Å². The fraction of sp³-hybridized carbons (Fsp3) is 0.489. The maximum Gasteiger partial charge on any atom is 0.322 e. The molecule has 3 atom stereocenters. The lowest BCUT2D eigenvalue weighted by Gasteiger charge is -2.45. The smallest absolute Gasteiger partial charge is 0.322 e. The summed E-state index contributed by atoms with van der Waals surface area (Å²) in [7, 11) is 1.55. The van der Waals surface area contributed by atoms with Crippen molar-refractivity contribution in [3.05, 3.63) is 82.7 Å². The number of carbonyl (C=O) groups excluding carboxylic acids is 4. The van der Waals surface area contributed by atoms with E-state index in [4.69, 9.17) is 4.74 Å². The number of carbonyl (C=O) groups is 4. The van der Waals surface area contributed by atoms with Crippen LogP contribution in [0, 0.1) is 23.1 Å². The second-order valence-corrected chi connectivity index (χ2v) is 16.9. The van der Waals surface area contributed by atoms with Gasteiger partial charge in [-0.3, -0.25) is 19.7 Å². The standard InChI is InChI=1S/C45H53FN8O5/c1-28-25-53(29(2)24-52(28)36-7-4-33(23-47)41(22-36)59-3)45(58)48-35-6-9-39(38(46)21-35)51-18-12-30(13-19-51)26-50-16-14-31(15-17-50)32-5-8-37-34(20-32)27-54(44(37)57)40-10-11-42(55)49-43(40)56/h4-9,20-22,28-31,40H,10-19,24-27H2,1-3H3,(H,48,58)(H,49,55,56)/t28-,29+,40-/m0/s1. The van der Waals surface area contributed by atoms with E-state index in [1.165, 1.54) is 11.6 Å². The number of fused-ring (bicyclic) bond motifs is 1. The van der Waals surface area contributed by atoms with Gasteiger partial charge in [-0.15, -0.1) is 0 Å². The molecule has 59 heavy (non-hydrogen) atoms. The molecule has 5 aliphatic heterocycles. The summed E-state index contributed by atoms with van der Waals surface area (Å²) in [6, 6.07) is 17.8. The van der Waals surface area contributed by atoms with Crippen LogP contribution >= 0.6 is 0 Å². The lowest BCUT2D eigenvalue weighted by Crippen LogP contribution is -2.59. The molecule has 13 nitrogen and oxygen atoms in total. The lowest BCUT2D eigenvalue weighted by atomic mass is 9.87. The maximum absolute atomic E-state index is 15.6. The maximum atomic E-state index is 15.6. The molecule has 0 unspecified atom stereocenters. The summed E-state index contributed by atoms with van der Waals surface area (Å²) < 4.78 is 21.0. The minimum Gasteiger partial charge on any atom is -0.495 e. The van der Waals surface area contributed by atoms with Gasteiger partial charge in [0, 0.05) is 80.8 Å². The molecule has 3 aromatic rings. The molecule has 0 aromatic heterocycles. The number of piperidine rings is 3. The van der Waals surface area contributed by atoms with Crippen LogP contribution in [0.25, 0.3) is 0 Å². The minimum absolute atomic E-state index is 0.0101. The Morgan fingerprint density at radius 2 is 1.69 bits per heavy atom. The molecule has 2 N–H and O–H groups in total. The van der Waals surface area contributed by atoms with Gasteiger partial charge in [0.2, 0.25) is 11.8 Å². The predicted octanol–water partition coefficient (Wildman–Crippen LogP) is 5.69. The summed E-state index contributed by atoms with van der Waals surface area (Å²) in [5, 5.41) is 14.7. The Labute approximate surface area is 345 Å². The minimum atomic E-state index is -0.605. The largest absolute Gasteiger partial charge is 0.495 e. The quantitative estimate of drug-likeness (QED) is 0.275. The normalized spacial score (nSPS) is 23.2. The number of nitrogens with one attached hydrogen (secondary N) is 2. The van der Waals surface area contributed by atoms with Crippen molar-refractivity contribution in [1.29, 1.82) is 5.26 Å². The van der Waals surface area contributed by atoms with E-state index in [1.54, 1.807) is 35.1 Å². The van der Waals surface area contributed by atoms with Crippen molar-refractivity contribution < 1.29 is 28.3 Å². The Kier molecular flexibility index (Phi) is 11.5. The number of halogens is 1. The highest BCUT2D eigenvalue weighted by atomic mass is 19.1. The molecule has 310 valence electrons. The van der Waals surface area contributed by atoms with Gasteiger partial charge in [-0.05, 0) is 118 Å². The van der Waals surface area contributed by atoms with Gasteiger partial charge >= 0.3 is 6.03 Å². The van der Waals surface area contributed by atoms with E-state index in [2.05, 4.69) is 50.5 Å². The predicted molar refractivity (Wildman–Crippen MR) is 222 cm³/mol. The van der Waals surface area contributed by atoms with Crippen molar-refractivity contribution in [2.75, 3.05) is 68.0 Å². The number of nitrogens with zero attached hydrogens (tertiary/aromatic N) is 6. The summed E-state index contributed by atoms with van der Waals surface area (Å²) in [5.41, 5.74) is 5.25. The fourth-order valence-electron chi connectivity index (χ4n) is 9.78. The monoisotopic (exact) mass is 804 g/mol. The summed E-state index contributed by atoms with van der Waals surface area (Å²) in [6.45, 7) is 10.1. The number of amides is 5. The molecule has 0 saturated carbocycles. The fourth-order valence-corrected chi connectivity index (χ4v) is 9.78. The zero-order valence-corrected chi connectivity index (χ0v) is 34.1. The molecule has 4 saturated heterocycles. The van der Waals surface area contributed by atoms with Crippen LogP contribution in [0.5, 0.6) is 5.75 Å². The summed E-state index contributed by atoms with van der Waals surface area (Å²) in [6.07, 6.45) is 4.66. The van der Waals surface area contributed by atoms with Crippen LogP contribution in [0.3, 0.4) is 0 Å². The Bertz CT molecular complexity index is 2160. The molecule has 8 rings (SSSR count). The molecule has 4 fully saturated rings. The molecule has 5 heterocycles. The summed E-state index contributed by atoms with van der Waals surface area (Å²) in [5.74, 6) is 0.318. The third-order valence-electron chi connectivity index (χ3n) is 13.2. The number of imide groups is 1. The first kappa shape index (κ1) is 40.1. The van der Waals surface area contributed by atoms with E-state index in [0.29, 0.717) is 66.1 Å². The summed E-state index contributed by atoms with van der Waals surface area (Å²) >= 11 is 0. The molecule has 0 aliphatic carbocycles. The van der Waals surface area contributed by atoms with Gasteiger partial charge in [-0.1, -0.05) is 12.1 Å². The number of anilines is 3. The molecule has 14 heteroatoms. The average Bonchev–Trinajstić information content (AvgIpc) is 3.56. The Balaban J connectivity index is 0.785. The Morgan fingerprint density at radius 1 is 0.915 bits per heavy atom. The molecule has 0 spiro atoms. The van der Waals surface area contributed by atoms with E-state index in [1.807, 2.05) is 25.1 Å². The number of urea groups is 1. The van der Waals surface area contributed by atoms with Crippen LogP contribution in [-0.4, -0.2) is 110 Å². The van der Waals surface area contributed by atoms with Gasteiger partial charge in [-0.25, -0.2) is 9.18 Å². The summed E-state index contributed by atoms with van der Waals surface area (Å²) in [4.78, 5) is 61.0. The van der Waals surface area contributed by atoms with Crippen LogP contribution in [0.2, 0.25) is 0 Å². The number of ether oxygens (including phenoxy) is 1. The van der Waals surface area contributed by atoms with Gasteiger partial charge < -0.3 is 34.6 Å². The zero-order chi connectivity index (χ0) is 41.4. The molecular weight excluding hydrogens is 752 g/mol. The van der Waals surface area contributed by atoms with E-state index in [0.717, 1.165) is 69.7 Å². The van der Waals surface area contributed by atoms with Crippen molar-refractivity contribution in [2.24, 2.45) is 5.92 Å². The third-order valence-corrected chi connectivity index (χ3v) is 13.2. The van der Waals surface area contributed by atoms with Crippen LogP contribution in [0.4, 0.5) is 26.2 Å². The van der Waals surface area contributed by atoms with E-state index in [9.17, 15) is 24.4 Å². The van der Waals surface area contributed by atoms with Crippen LogP contribution in [-0.2, 0) is 16.1 Å². The first-order valence-electron chi connectivity index (χ1n) is 21.0. The Morgan fingerprint density at radius 3 is 2.41 bits per heavy atom. The van der Waals surface area contributed by atoms with Crippen molar-refractivity contribution in [3.8, 4) is 11.8 Å². The van der Waals surface area contributed by atoms with Crippen molar-refractivity contribution in [1.82, 2.24) is 20.0 Å². The van der Waals surface area contributed by atoms with Gasteiger partial charge in [-0.2, -0.15) is 5.26 Å². The lowest BCUT2D eigenvalue weighted by molar-refractivity contribution is -0.136. The topological polar surface area (TPSA) is 142 Å². The van der Waals surface area contributed by atoms with Crippen LogP contribution < -0.4 is 25.2 Å². The highest BCUT2D eigenvalue weighted by Gasteiger charge is 2.40. The van der Waals surface area contributed by atoms with E-state index >= 15 is 4.39 Å². The second-order valence-electron chi connectivity index (χ2n) is 16.9. The SMILES string of the molecule is COc1cc(N2C[C@@H](C)N(C(=O)Nc3ccc(N4CCC(CN5CCC(c6ccc7c(c6)CN([C@H]6CCC(=O)NC6=O)C7=O)CC5)CC4)c(F)c3)C[C@@H]2C)ccc1C#N. The number of hydrogen-bond acceptors (Lipinski definition) is 9. The van der Waals surface area contributed by atoms with E-state index < -0.39 is 6.04 Å². The number of hydrogen-bond donors (Lipinski definition) is 2. The van der Waals surface area contributed by atoms with Gasteiger partial charge in [0.15, 0.2) is 0 Å². The van der Waals surface area contributed by atoms with E-state index in [-0.39, 0.29) is 48.1 Å². The third kappa shape index (κ3) is 8.30. The van der Waals surface area contributed by atoms with Gasteiger partial charge in [0.25, 0.3) is 5.91 Å². The van der Waals surface area contributed by atoms with Crippen molar-refractivity contribution in [2.45, 2.75) is 83.0 Å². The van der Waals surface area contributed by atoms with Gasteiger partial charge in [0.1, 0.15) is 23.7 Å². The first-order valence-corrected chi connectivity index (χ1v) is 21.0. The highest BCUT2D eigenvalue weighted by molar-refractivity contribution is 6.05. The zero-order valence-electron chi connectivity index (χ0n) is 34.1. The molecule has 0 radical (unpaired) electrons. The molecule has 5 aliphatic rings. The number of methoxy groups -OCH3 is 1. The highest BCUT2D eigenvalue weighted by Crippen LogP contribution is 2.35. The Hall–Kier alpha value is -5.68. The molecule has 3 aromatic carbocycles. The number of rotatable bonds is 8. The number of piperazine rings is 1. The van der Waals surface area contributed by atoms with Gasteiger partial charge in [0.05, 0.1) is 18.4 Å². The number of likely N-dealkylation sites (tertiary alicyclic amines) is 1. The number of nitriles is 1. The second kappa shape index (κ2) is 16.9. The van der Waals surface area contributed by atoms with Crippen LogP contribution in [0.15, 0.2) is 54.6 Å². The molecular formula is C45H53FN8O5. The van der Waals surface area contributed by atoms with Crippen LogP contribution in [0.1, 0.15) is 85.3 Å². The number of benzene rings is 3. The first-order chi connectivity index (χ1) is 28.5.